The van der Waals surface area contributed by atoms with Gasteiger partial charge in [0.1, 0.15) is 10.8 Å². The number of hydrogen-bond acceptors (Lipinski definition) is 6. The summed E-state index contributed by atoms with van der Waals surface area (Å²) in [7, 11) is 1.66. The van der Waals surface area contributed by atoms with Crippen LogP contribution in [0.5, 0.6) is 5.75 Å². The summed E-state index contributed by atoms with van der Waals surface area (Å²) >= 11 is 1.61. The number of benzene rings is 1. The molecule has 0 bridgehead atoms. The van der Waals surface area contributed by atoms with Crippen molar-refractivity contribution in [3.05, 3.63) is 35.3 Å². The van der Waals surface area contributed by atoms with E-state index in [0.29, 0.717) is 13.2 Å². The Morgan fingerprint density at radius 2 is 2.13 bits per heavy atom. The van der Waals surface area contributed by atoms with Crippen LogP contribution in [0, 0.1) is 5.41 Å². The zero-order valence-electron chi connectivity index (χ0n) is 17.5. The Kier molecular flexibility index (Phi) is 10.3. The Morgan fingerprint density at radius 3 is 2.77 bits per heavy atom. The number of aliphatic hydroxyl groups is 1. The number of ether oxygens (including phenoxy) is 2. The van der Waals surface area contributed by atoms with Crippen LogP contribution in [-0.4, -0.2) is 56.1 Å². The summed E-state index contributed by atoms with van der Waals surface area (Å²) in [5.41, 5.74) is 1.99. The van der Waals surface area contributed by atoms with E-state index in [0.717, 1.165) is 60.5 Å². The zero-order chi connectivity index (χ0) is 20.5. The lowest BCUT2D eigenvalue weighted by molar-refractivity contribution is 0.127. The van der Waals surface area contributed by atoms with Crippen molar-refractivity contribution in [1.29, 1.82) is 0 Å². The first-order valence-electron chi connectivity index (χ1n) is 9.97. The van der Waals surface area contributed by atoms with Gasteiger partial charge in [0.05, 0.1) is 26.0 Å². The molecule has 1 aliphatic heterocycles. The molecule has 0 saturated carbocycles. The van der Waals surface area contributed by atoms with E-state index in [9.17, 15) is 5.11 Å². The van der Waals surface area contributed by atoms with Gasteiger partial charge in [0.25, 0.3) is 0 Å². The highest BCUT2D eigenvalue weighted by atomic mass is 127. The van der Waals surface area contributed by atoms with Crippen molar-refractivity contribution in [2.24, 2.45) is 10.4 Å². The summed E-state index contributed by atoms with van der Waals surface area (Å²) in [5.74, 6) is 1.60. The molecular formula is C21H31IN4O3S. The second-order valence-electron chi connectivity index (χ2n) is 7.20. The fourth-order valence-electron chi connectivity index (χ4n) is 3.33. The van der Waals surface area contributed by atoms with E-state index in [2.05, 4.69) is 15.6 Å². The average Bonchev–Trinajstić information content (AvgIpc) is 3.41. The predicted molar refractivity (Wildman–Crippen MR) is 132 cm³/mol. The van der Waals surface area contributed by atoms with Crippen LogP contribution in [0.15, 0.2) is 34.6 Å². The van der Waals surface area contributed by atoms with Crippen molar-refractivity contribution in [2.45, 2.75) is 26.3 Å². The molecule has 1 unspecified atom stereocenters. The number of aliphatic hydroxyl groups excluding tert-OH is 1. The Bertz CT molecular complexity index is 792. The number of hydrogen-bond donors (Lipinski definition) is 3. The highest BCUT2D eigenvalue weighted by molar-refractivity contribution is 14.0. The van der Waals surface area contributed by atoms with Gasteiger partial charge in [-0.1, -0.05) is 0 Å². The number of halogens is 1. The van der Waals surface area contributed by atoms with E-state index in [1.807, 2.05) is 36.6 Å². The molecule has 30 heavy (non-hydrogen) atoms. The molecule has 2 heterocycles. The highest BCUT2D eigenvalue weighted by Gasteiger charge is 2.34. The van der Waals surface area contributed by atoms with Crippen LogP contribution in [0.25, 0.3) is 10.6 Å². The highest BCUT2D eigenvalue weighted by Crippen LogP contribution is 2.31. The van der Waals surface area contributed by atoms with Gasteiger partial charge in [0, 0.05) is 42.7 Å². The third-order valence-electron chi connectivity index (χ3n) is 5.09. The maximum Gasteiger partial charge on any atom is 0.191 e. The Hall–Kier alpha value is -1.43. The average molecular weight is 546 g/mol. The number of methoxy groups -OCH3 is 1. The van der Waals surface area contributed by atoms with Crippen LogP contribution in [0.4, 0.5) is 0 Å². The molecule has 0 aliphatic carbocycles. The molecule has 3 rings (SSSR count). The SMILES string of the molecule is CCNC(=NCc1csc(-c2ccc(OC)cc2)n1)NCC1(CCO)CCOC1.I. The summed E-state index contributed by atoms with van der Waals surface area (Å²) in [6, 6.07) is 7.91. The molecule has 7 nitrogen and oxygen atoms in total. The van der Waals surface area contributed by atoms with Gasteiger partial charge < -0.3 is 25.2 Å². The van der Waals surface area contributed by atoms with Gasteiger partial charge >= 0.3 is 0 Å². The smallest absolute Gasteiger partial charge is 0.191 e. The van der Waals surface area contributed by atoms with Crippen LogP contribution in [0.2, 0.25) is 0 Å². The third kappa shape index (κ3) is 6.79. The van der Waals surface area contributed by atoms with Crippen LogP contribution < -0.4 is 15.4 Å². The topological polar surface area (TPSA) is 88.0 Å². The molecular weight excluding hydrogens is 515 g/mol. The molecule has 1 aromatic carbocycles. The van der Waals surface area contributed by atoms with Gasteiger partial charge in [-0.3, -0.25) is 0 Å². The number of aliphatic imine (C=N–C) groups is 1. The van der Waals surface area contributed by atoms with Gasteiger partial charge in [-0.05, 0) is 44.0 Å². The van der Waals surface area contributed by atoms with Crippen LogP contribution in [-0.2, 0) is 11.3 Å². The van der Waals surface area contributed by atoms with Gasteiger partial charge in [0.15, 0.2) is 5.96 Å². The molecule has 166 valence electrons. The van der Waals surface area contributed by atoms with Gasteiger partial charge in [0.2, 0.25) is 0 Å². The van der Waals surface area contributed by atoms with Crippen molar-refractivity contribution in [3.8, 4) is 16.3 Å². The summed E-state index contributed by atoms with van der Waals surface area (Å²) in [6.45, 7) is 5.66. The number of thiazole rings is 1. The quantitative estimate of drug-likeness (QED) is 0.254. The molecule has 9 heteroatoms. The van der Waals surface area contributed by atoms with E-state index in [-0.39, 0.29) is 36.0 Å². The summed E-state index contributed by atoms with van der Waals surface area (Å²) < 4.78 is 10.8. The van der Waals surface area contributed by atoms with E-state index in [4.69, 9.17) is 14.5 Å². The van der Waals surface area contributed by atoms with Gasteiger partial charge in [-0.15, -0.1) is 35.3 Å². The molecule has 1 fully saturated rings. The van der Waals surface area contributed by atoms with Crippen molar-refractivity contribution in [2.75, 3.05) is 40.0 Å². The van der Waals surface area contributed by atoms with Crippen molar-refractivity contribution in [1.82, 2.24) is 15.6 Å². The van der Waals surface area contributed by atoms with Crippen LogP contribution in [0.3, 0.4) is 0 Å². The maximum atomic E-state index is 9.39. The maximum absolute atomic E-state index is 9.39. The van der Waals surface area contributed by atoms with Crippen molar-refractivity contribution >= 4 is 41.3 Å². The molecule has 1 aromatic heterocycles. The first-order chi connectivity index (χ1) is 14.2. The lowest BCUT2D eigenvalue weighted by Gasteiger charge is -2.27. The summed E-state index contributed by atoms with van der Waals surface area (Å²) in [6.07, 6.45) is 1.69. The number of nitrogens with one attached hydrogen (secondary N) is 2. The first kappa shape index (κ1) is 24.8. The first-order valence-corrected chi connectivity index (χ1v) is 10.9. The van der Waals surface area contributed by atoms with Crippen molar-refractivity contribution in [3.63, 3.8) is 0 Å². The minimum Gasteiger partial charge on any atom is -0.497 e. The van der Waals surface area contributed by atoms with E-state index >= 15 is 0 Å². The fourth-order valence-corrected chi connectivity index (χ4v) is 4.15. The second-order valence-corrected chi connectivity index (χ2v) is 8.06. The second kappa shape index (κ2) is 12.4. The fraction of sp³-hybridized carbons (Fsp3) is 0.524. The molecule has 2 aromatic rings. The molecule has 1 aliphatic rings. The molecule has 0 spiro atoms. The normalized spacial score (nSPS) is 18.7. The Labute approximate surface area is 199 Å². The number of guanidine groups is 1. The lowest BCUT2D eigenvalue weighted by atomic mass is 9.84. The summed E-state index contributed by atoms with van der Waals surface area (Å²) in [4.78, 5) is 9.40. The van der Waals surface area contributed by atoms with Crippen LogP contribution in [0.1, 0.15) is 25.5 Å². The zero-order valence-corrected chi connectivity index (χ0v) is 20.7. The van der Waals surface area contributed by atoms with E-state index < -0.39 is 0 Å². The Balaban J connectivity index is 0.00000320. The number of rotatable bonds is 9. The monoisotopic (exact) mass is 546 g/mol. The van der Waals surface area contributed by atoms with E-state index in [1.165, 1.54) is 0 Å². The molecule has 1 saturated heterocycles. The van der Waals surface area contributed by atoms with Crippen molar-refractivity contribution < 1.29 is 14.6 Å². The standard InChI is InChI=1S/C21H30N4O3S.HI/c1-3-22-20(24-14-21(8-10-26)9-11-28-15-21)23-12-17-13-29-19(25-17)16-4-6-18(27-2)7-5-16;/h4-7,13,26H,3,8-12,14-15H2,1-2H3,(H2,22,23,24);1H. The van der Waals surface area contributed by atoms with Crippen LogP contribution >= 0.6 is 35.3 Å². The number of aromatic nitrogens is 1. The van der Waals surface area contributed by atoms with Gasteiger partial charge in [-0.25, -0.2) is 9.98 Å². The molecule has 1 atom stereocenters. The molecule has 3 N–H and O–H groups in total. The molecule has 0 radical (unpaired) electrons. The predicted octanol–water partition coefficient (Wildman–Crippen LogP) is 3.28. The minimum absolute atomic E-state index is 0. The lowest BCUT2D eigenvalue weighted by Crippen LogP contribution is -2.44. The van der Waals surface area contributed by atoms with Gasteiger partial charge in [-0.2, -0.15) is 0 Å². The third-order valence-corrected chi connectivity index (χ3v) is 6.03. The largest absolute Gasteiger partial charge is 0.497 e. The minimum atomic E-state index is -0.0207. The Morgan fingerprint density at radius 1 is 1.33 bits per heavy atom. The molecule has 0 amide bonds. The summed E-state index contributed by atoms with van der Waals surface area (Å²) in [5, 5.41) is 19.1. The van der Waals surface area contributed by atoms with E-state index in [1.54, 1.807) is 18.4 Å². The number of nitrogens with zero attached hydrogens (tertiary/aromatic N) is 2.